The highest BCUT2D eigenvalue weighted by atomic mass is 35.5. The molecule has 0 amide bonds. The van der Waals surface area contributed by atoms with Gasteiger partial charge in [0.05, 0.1) is 27.6 Å². The van der Waals surface area contributed by atoms with Crippen LogP contribution in [0.4, 0.5) is 0 Å². The molecule has 0 aliphatic carbocycles. The highest BCUT2D eigenvalue weighted by molar-refractivity contribution is 6.31. The summed E-state index contributed by atoms with van der Waals surface area (Å²) >= 11 is 6.25. The van der Waals surface area contributed by atoms with Gasteiger partial charge in [0.2, 0.25) is 0 Å². The predicted molar refractivity (Wildman–Crippen MR) is 82.3 cm³/mol. The number of rotatable bonds is 3. The van der Waals surface area contributed by atoms with Crippen molar-refractivity contribution in [1.82, 2.24) is 19.6 Å². The first-order valence-corrected chi connectivity index (χ1v) is 7.14. The van der Waals surface area contributed by atoms with Gasteiger partial charge in [-0.15, -0.1) is 0 Å². The quantitative estimate of drug-likeness (QED) is 0.809. The van der Waals surface area contributed by atoms with Gasteiger partial charge in [0, 0.05) is 25.9 Å². The fourth-order valence-corrected chi connectivity index (χ4v) is 2.91. The molecule has 0 fully saturated rings. The molecule has 0 aliphatic heterocycles. The van der Waals surface area contributed by atoms with E-state index >= 15 is 0 Å². The number of para-hydroxylation sites is 1. The normalized spacial score (nSPS) is 13.0. The maximum absolute atomic E-state index is 10.6. The first-order valence-electron chi connectivity index (χ1n) is 6.76. The van der Waals surface area contributed by atoms with Gasteiger partial charge in [0.15, 0.2) is 0 Å². The average Bonchev–Trinajstić information content (AvgIpc) is 2.92. The molecule has 2 aromatic heterocycles. The van der Waals surface area contributed by atoms with E-state index in [1.807, 2.05) is 45.3 Å². The number of benzene rings is 1. The number of nitrogens with zero attached hydrogens (tertiary/aromatic N) is 4. The molecule has 21 heavy (non-hydrogen) atoms. The van der Waals surface area contributed by atoms with Crippen LogP contribution in [0.25, 0.3) is 10.9 Å². The van der Waals surface area contributed by atoms with Gasteiger partial charge in [-0.3, -0.25) is 9.36 Å². The minimum Gasteiger partial charge on any atom is -0.386 e. The third kappa shape index (κ3) is 2.32. The first kappa shape index (κ1) is 14.1. The molecule has 0 aliphatic rings. The Bertz CT molecular complexity index is 805. The second-order valence-corrected chi connectivity index (χ2v) is 5.59. The summed E-state index contributed by atoms with van der Waals surface area (Å²) in [6, 6.07) is 7.86. The molecule has 2 heterocycles. The van der Waals surface area contributed by atoms with Crippen LogP contribution in [-0.4, -0.2) is 24.7 Å². The molecule has 0 saturated carbocycles. The van der Waals surface area contributed by atoms with Crippen molar-refractivity contribution in [3.63, 3.8) is 0 Å². The van der Waals surface area contributed by atoms with Crippen LogP contribution in [0.3, 0.4) is 0 Å². The monoisotopic (exact) mass is 304 g/mol. The van der Waals surface area contributed by atoms with Gasteiger partial charge in [-0.25, -0.2) is 0 Å². The molecule has 1 unspecified atom stereocenters. The second-order valence-electron chi connectivity index (χ2n) is 5.22. The van der Waals surface area contributed by atoms with E-state index in [-0.39, 0.29) is 0 Å². The van der Waals surface area contributed by atoms with Gasteiger partial charge in [0.1, 0.15) is 6.10 Å². The van der Waals surface area contributed by atoms with E-state index in [9.17, 15) is 5.11 Å². The Hall–Kier alpha value is -1.85. The van der Waals surface area contributed by atoms with Crippen LogP contribution in [-0.2, 0) is 20.5 Å². The van der Waals surface area contributed by atoms with Crippen molar-refractivity contribution in [1.29, 1.82) is 0 Å². The summed E-state index contributed by atoms with van der Waals surface area (Å²) in [5, 5.41) is 20.9. The molecule has 3 rings (SSSR count). The van der Waals surface area contributed by atoms with E-state index < -0.39 is 6.10 Å². The van der Waals surface area contributed by atoms with Gasteiger partial charge >= 0.3 is 0 Å². The van der Waals surface area contributed by atoms with Crippen LogP contribution in [0.15, 0.2) is 24.3 Å². The lowest BCUT2D eigenvalue weighted by Crippen LogP contribution is -2.08. The van der Waals surface area contributed by atoms with Gasteiger partial charge in [-0.1, -0.05) is 29.8 Å². The number of aryl methyl sites for hydroxylation is 3. The molecular formula is C15H17ClN4O. The smallest absolute Gasteiger partial charge is 0.104 e. The number of aliphatic hydroxyl groups excluding tert-OH is 1. The summed E-state index contributed by atoms with van der Waals surface area (Å²) in [6.45, 7) is 1.86. The number of hydrogen-bond acceptors (Lipinski definition) is 3. The summed E-state index contributed by atoms with van der Waals surface area (Å²) in [4.78, 5) is 0. The van der Waals surface area contributed by atoms with E-state index in [0.717, 1.165) is 22.3 Å². The molecule has 6 heteroatoms. The van der Waals surface area contributed by atoms with E-state index in [1.165, 1.54) is 0 Å². The number of fused-ring (bicyclic) bond motifs is 1. The van der Waals surface area contributed by atoms with Crippen LogP contribution in [0.1, 0.15) is 23.2 Å². The van der Waals surface area contributed by atoms with Crippen LogP contribution in [0.5, 0.6) is 0 Å². The predicted octanol–water partition coefficient (Wildman–Crippen LogP) is 2.54. The molecule has 0 spiro atoms. The fraction of sp³-hybridized carbons (Fsp3) is 0.333. The fourth-order valence-electron chi connectivity index (χ4n) is 2.67. The van der Waals surface area contributed by atoms with Crippen molar-refractivity contribution < 1.29 is 5.11 Å². The lowest BCUT2D eigenvalue weighted by molar-refractivity contribution is 0.171. The summed E-state index contributed by atoms with van der Waals surface area (Å²) in [5.41, 5.74) is 3.26. The Kier molecular flexibility index (Phi) is 3.47. The summed E-state index contributed by atoms with van der Waals surface area (Å²) in [7, 11) is 3.71. The van der Waals surface area contributed by atoms with E-state index in [1.54, 1.807) is 9.36 Å². The number of hydrogen-bond donors (Lipinski definition) is 1. The van der Waals surface area contributed by atoms with Gasteiger partial charge in [-0.05, 0) is 13.0 Å². The SMILES string of the molecule is Cc1nn(C)c(CC(O)c2nn(C)c3ccccc23)c1Cl. The Morgan fingerprint density at radius 2 is 1.90 bits per heavy atom. The highest BCUT2D eigenvalue weighted by Gasteiger charge is 2.21. The van der Waals surface area contributed by atoms with Crippen LogP contribution in [0, 0.1) is 6.92 Å². The summed E-state index contributed by atoms with van der Waals surface area (Å²) < 4.78 is 3.50. The van der Waals surface area contributed by atoms with Crippen LogP contribution in [0.2, 0.25) is 5.02 Å². The number of aliphatic hydroxyl groups is 1. The molecule has 1 N–H and O–H groups in total. The van der Waals surface area contributed by atoms with Gasteiger partial charge in [0.25, 0.3) is 0 Å². The molecule has 0 saturated heterocycles. The maximum atomic E-state index is 10.6. The highest BCUT2D eigenvalue weighted by Crippen LogP contribution is 2.28. The summed E-state index contributed by atoms with van der Waals surface area (Å²) in [6.07, 6.45) is -0.333. The Morgan fingerprint density at radius 3 is 2.57 bits per heavy atom. The molecule has 5 nitrogen and oxygen atoms in total. The minimum absolute atomic E-state index is 0.386. The standard InChI is InChI=1S/C15H17ClN4O/c1-9-14(16)12(20(3)17-9)8-13(21)15-10-6-4-5-7-11(10)19(2)18-15/h4-7,13,21H,8H2,1-3H3. The van der Waals surface area contributed by atoms with Crippen molar-refractivity contribution >= 4 is 22.5 Å². The van der Waals surface area contributed by atoms with Crippen molar-refractivity contribution in [3.8, 4) is 0 Å². The molecule has 1 aromatic carbocycles. The molecule has 110 valence electrons. The zero-order valence-corrected chi connectivity index (χ0v) is 13.0. The minimum atomic E-state index is -0.719. The van der Waals surface area contributed by atoms with Crippen LogP contribution < -0.4 is 0 Å². The molecule has 0 bridgehead atoms. The third-order valence-electron chi connectivity index (χ3n) is 3.75. The van der Waals surface area contributed by atoms with Gasteiger partial charge < -0.3 is 5.11 Å². The molecular weight excluding hydrogens is 288 g/mol. The van der Waals surface area contributed by atoms with Crippen molar-refractivity contribution in [3.05, 3.63) is 46.4 Å². The topological polar surface area (TPSA) is 55.9 Å². The van der Waals surface area contributed by atoms with E-state index in [2.05, 4.69) is 10.2 Å². The lowest BCUT2D eigenvalue weighted by Gasteiger charge is -2.09. The zero-order chi connectivity index (χ0) is 15.1. The van der Waals surface area contributed by atoms with Crippen molar-refractivity contribution in [2.24, 2.45) is 14.1 Å². The Morgan fingerprint density at radius 1 is 1.19 bits per heavy atom. The number of aromatic nitrogens is 4. The zero-order valence-electron chi connectivity index (χ0n) is 12.2. The summed E-state index contributed by atoms with van der Waals surface area (Å²) in [5.74, 6) is 0. The van der Waals surface area contributed by atoms with Crippen molar-refractivity contribution in [2.75, 3.05) is 0 Å². The number of halogens is 1. The molecule has 0 radical (unpaired) electrons. The lowest BCUT2D eigenvalue weighted by atomic mass is 10.1. The van der Waals surface area contributed by atoms with E-state index in [4.69, 9.17) is 11.6 Å². The van der Waals surface area contributed by atoms with E-state index in [0.29, 0.717) is 17.1 Å². The average molecular weight is 305 g/mol. The Balaban J connectivity index is 1.99. The molecule has 3 aromatic rings. The Labute approximate surface area is 127 Å². The largest absolute Gasteiger partial charge is 0.386 e. The second kappa shape index (κ2) is 5.16. The molecule has 1 atom stereocenters. The van der Waals surface area contributed by atoms with Crippen molar-refractivity contribution in [2.45, 2.75) is 19.4 Å². The third-order valence-corrected chi connectivity index (χ3v) is 4.24. The van der Waals surface area contributed by atoms with Gasteiger partial charge in [-0.2, -0.15) is 10.2 Å². The van der Waals surface area contributed by atoms with Crippen LogP contribution >= 0.6 is 11.6 Å². The maximum Gasteiger partial charge on any atom is 0.104 e. The first-order chi connectivity index (χ1) is 9.99.